The summed E-state index contributed by atoms with van der Waals surface area (Å²) in [6.07, 6.45) is 1.29. The summed E-state index contributed by atoms with van der Waals surface area (Å²) in [4.78, 5) is 34.3. The maximum absolute atomic E-state index is 12.1. The molecule has 2 amide bonds. The van der Waals surface area contributed by atoms with Crippen LogP contribution in [0.15, 0.2) is 41.5 Å². The van der Waals surface area contributed by atoms with Gasteiger partial charge in [0.25, 0.3) is 17.5 Å². The van der Waals surface area contributed by atoms with E-state index in [0.29, 0.717) is 15.6 Å². The number of nitro benzene ring substituents is 1. The fraction of sp³-hybridized carbons (Fsp3) is 0.118. The summed E-state index contributed by atoms with van der Waals surface area (Å²) in [6, 6.07) is 9.06. The molecular formula is C17H14Cl2N4O4. The number of carbonyl (C=O) groups is 2. The van der Waals surface area contributed by atoms with Gasteiger partial charge in [-0.3, -0.25) is 19.7 Å². The van der Waals surface area contributed by atoms with E-state index in [0.717, 1.165) is 0 Å². The van der Waals surface area contributed by atoms with Gasteiger partial charge in [0.1, 0.15) is 0 Å². The van der Waals surface area contributed by atoms with Crippen molar-refractivity contribution < 1.29 is 14.5 Å². The summed E-state index contributed by atoms with van der Waals surface area (Å²) >= 11 is 11.9. The summed E-state index contributed by atoms with van der Waals surface area (Å²) in [7, 11) is 0. The molecule has 0 aliphatic carbocycles. The first-order chi connectivity index (χ1) is 12.8. The van der Waals surface area contributed by atoms with Crippen LogP contribution < -0.4 is 10.7 Å². The molecule has 0 aromatic heterocycles. The van der Waals surface area contributed by atoms with Crippen LogP contribution in [-0.4, -0.2) is 29.5 Å². The summed E-state index contributed by atoms with van der Waals surface area (Å²) in [5, 5.41) is 17.8. The zero-order chi connectivity index (χ0) is 20.0. The molecule has 0 heterocycles. The lowest BCUT2D eigenvalue weighted by molar-refractivity contribution is -0.385. The van der Waals surface area contributed by atoms with Crippen LogP contribution in [0.5, 0.6) is 0 Å². The quantitative estimate of drug-likeness (QED) is 0.434. The Balaban J connectivity index is 1.94. The number of benzene rings is 2. The van der Waals surface area contributed by atoms with E-state index in [1.165, 1.54) is 31.3 Å². The molecule has 8 nitrogen and oxygen atoms in total. The molecule has 27 heavy (non-hydrogen) atoms. The van der Waals surface area contributed by atoms with Gasteiger partial charge in [0.05, 0.1) is 27.7 Å². The molecule has 10 heteroatoms. The number of nitro groups is 1. The maximum Gasteiger partial charge on any atom is 0.273 e. The second-order valence-corrected chi connectivity index (χ2v) is 6.13. The van der Waals surface area contributed by atoms with Crippen LogP contribution in [0.1, 0.15) is 21.5 Å². The Labute approximate surface area is 164 Å². The van der Waals surface area contributed by atoms with Crippen molar-refractivity contribution in [2.45, 2.75) is 6.92 Å². The van der Waals surface area contributed by atoms with Crippen LogP contribution in [-0.2, 0) is 4.79 Å². The zero-order valence-corrected chi connectivity index (χ0v) is 15.5. The van der Waals surface area contributed by atoms with E-state index in [9.17, 15) is 19.7 Å². The second kappa shape index (κ2) is 9.11. The number of rotatable bonds is 6. The number of nitrogens with zero attached hydrogens (tertiary/aromatic N) is 2. The van der Waals surface area contributed by atoms with Crippen molar-refractivity contribution in [1.82, 2.24) is 10.7 Å². The lowest BCUT2D eigenvalue weighted by Gasteiger charge is -2.07. The highest BCUT2D eigenvalue weighted by atomic mass is 35.5. The molecule has 0 bridgehead atoms. The lowest BCUT2D eigenvalue weighted by Crippen LogP contribution is -2.35. The predicted octanol–water partition coefficient (Wildman–Crippen LogP) is 3.09. The van der Waals surface area contributed by atoms with E-state index in [1.807, 2.05) is 0 Å². The third-order valence-corrected chi connectivity index (χ3v) is 4.20. The minimum absolute atomic E-state index is 0.114. The Kier molecular flexibility index (Phi) is 6.86. The normalized spacial score (nSPS) is 10.6. The standard InChI is InChI=1S/C17H14Cl2N4O4/c1-10-11(4-2-7-15(10)23(26)27)17(25)20-9-16(24)22-21-8-12-13(18)5-3-6-14(12)19/h2-8H,9H2,1H3,(H,20,25)(H,22,24)/b21-8+. The Morgan fingerprint density at radius 2 is 1.81 bits per heavy atom. The van der Waals surface area contributed by atoms with Crippen molar-refractivity contribution in [1.29, 1.82) is 0 Å². The van der Waals surface area contributed by atoms with Crippen LogP contribution in [0.4, 0.5) is 5.69 Å². The van der Waals surface area contributed by atoms with Crippen molar-refractivity contribution in [3.8, 4) is 0 Å². The lowest BCUT2D eigenvalue weighted by atomic mass is 10.1. The summed E-state index contributed by atoms with van der Waals surface area (Å²) in [6.45, 7) is 1.10. The average molecular weight is 409 g/mol. The van der Waals surface area contributed by atoms with E-state index in [-0.39, 0.29) is 23.4 Å². The van der Waals surface area contributed by atoms with Gasteiger partial charge in [-0.25, -0.2) is 5.43 Å². The predicted molar refractivity (Wildman–Crippen MR) is 102 cm³/mol. The first-order valence-corrected chi connectivity index (χ1v) is 8.35. The van der Waals surface area contributed by atoms with Crippen LogP contribution in [0, 0.1) is 17.0 Å². The molecular weight excluding hydrogens is 395 g/mol. The highest BCUT2D eigenvalue weighted by Crippen LogP contribution is 2.22. The van der Waals surface area contributed by atoms with Gasteiger partial charge in [0.15, 0.2) is 0 Å². The van der Waals surface area contributed by atoms with Gasteiger partial charge in [-0.1, -0.05) is 35.3 Å². The number of carbonyl (C=O) groups excluding carboxylic acids is 2. The van der Waals surface area contributed by atoms with Crippen molar-refractivity contribution >= 4 is 46.9 Å². The van der Waals surface area contributed by atoms with Gasteiger partial charge >= 0.3 is 0 Å². The average Bonchev–Trinajstić information content (AvgIpc) is 2.62. The first kappa shape index (κ1) is 20.3. The topological polar surface area (TPSA) is 114 Å². The molecule has 0 fully saturated rings. The van der Waals surface area contributed by atoms with Crippen LogP contribution in [0.3, 0.4) is 0 Å². The number of amides is 2. The van der Waals surface area contributed by atoms with E-state index in [2.05, 4.69) is 15.8 Å². The molecule has 0 saturated carbocycles. The highest BCUT2D eigenvalue weighted by molar-refractivity contribution is 6.38. The number of hydrogen-bond acceptors (Lipinski definition) is 5. The molecule has 0 radical (unpaired) electrons. The highest BCUT2D eigenvalue weighted by Gasteiger charge is 2.18. The smallest absolute Gasteiger partial charge is 0.273 e. The molecule has 0 atom stereocenters. The SMILES string of the molecule is Cc1c(C(=O)NCC(=O)N/N=C/c2c(Cl)cccc2Cl)cccc1[N+](=O)[O-]. The molecule has 0 saturated heterocycles. The molecule has 0 spiro atoms. The van der Waals surface area contributed by atoms with Gasteiger partial charge in [0.2, 0.25) is 0 Å². The Bertz CT molecular complexity index is 911. The Morgan fingerprint density at radius 3 is 2.44 bits per heavy atom. The minimum atomic E-state index is -0.607. The number of nitrogens with one attached hydrogen (secondary N) is 2. The molecule has 140 valence electrons. The summed E-state index contributed by atoms with van der Waals surface area (Å²) < 4.78 is 0. The van der Waals surface area contributed by atoms with Crippen molar-refractivity contribution in [3.63, 3.8) is 0 Å². The monoisotopic (exact) mass is 408 g/mol. The second-order valence-electron chi connectivity index (χ2n) is 5.32. The zero-order valence-electron chi connectivity index (χ0n) is 14.0. The molecule has 0 unspecified atom stereocenters. The van der Waals surface area contributed by atoms with Gasteiger partial charge in [-0.05, 0) is 25.1 Å². The Hall–Kier alpha value is -2.97. The fourth-order valence-corrected chi connectivity index (χ4v) is 2.66. The van der Waals surface area contributed by atoms with E-state index in [1.54, 1.807) is 18.2 Å². The third kappa shape index (κ3) is 5.25. The van der Waals surface area contributed by atoms with Crippen molar-refractivity contribution in [2.75, 3.05) is 6.54 Å². The molecule has 0 aliphatic rings. The third-order valence-electron chi connectivity index (χ3n) is 3.54. The molecule has 2 aromatic carbocycles. The summed E-state index contributed by atoms with van der Waals surface area (Å²) in [5.41, 5.74) is 2.82. The maximum atomic E-state index is 12.1. The number of hydrogen-bond donors (Lipinski definition) is 2. The van der Waals surface area contributed by atoms with Gasteiger partial charge < -0.3 is 5.32 Å². The molecule has 0 aliphatic heterocycles. The number of hydrazone groups is 1. The molecule has 2 rings (SSSR count). The van der Waals surface area contributed by atoms with Gasteiger partial charge in [-0.15, -0.1) is 0 Å². The van der Waals surface area contributed by atoms with E-state index in [4.69, 9.17) is 23.2 Å². The molecule has 2 N–H and O–H groups in total. The fourth-order valence-electron chi connectivity index (χ4n) is 2.17. The van der Waals surface area contributed by atoms with Gasteiger partial charge in [0, 0.05) is 22.8 Å². The van der Waals surface area contributed by atoms with Crippen LogP contribution in [0.25, 0.3) is 0 Å². The summed E-state index contributed by atoms with van der Waals surface area (Å²) in [5.74, 6) is -1.20. The van der Waals surface area contributed by atoms with Crippen LogP contribution in [0.2, 0.25) is 10.0 Å². The van der Waals surface area contributed by atoms with Gasteiger partial charge in [-0.2, -0.15) is 5.10 Å². The van der Waals surface area contributed by atoms with Crippen molar-refractivity contribution in [3.05, 3.63) is 73.2 Å². The van der Waals surface area contributed by atoms with Crippen LogP contribution >= 0.6 is 23.2 Å². The minimum Gasteiger partial charge on any atom is -0.343 e. The van der Waals surface area contributed by atoms with E-state index >= 15 is 0 Å². The first-order valence-electron chi connectivity index (χ1n) is 7.59. The number of halogens is 2. The van der Waals surface area contributed by atoms with Crippen molar-refractivity contribution in [2.24, 2.45) is 5.10 Å². The molecule has 2 aromatic rings. The Morgan fingerprint density at radius 1 is 1.19 bits per heavy atom. The van der Waals surface area contributed by atoms with E-state index < -0.39 is 16.7 Å². The largest absolute Gasteiger partial charge is 0.343 e.